The molecule has 2 aromatic carbocycles. The molecule has 0 saturated heterocycles. The highest BCUT2D eigenvalue weighted by molar-refractivity contribution is 5.84. The van der Waals surface area contributed by atoms with E-state index in [9.17, 15) is 0 Å². The lowest BCUT2D eigenvalue weighted by molar-refractivity contribution is 0.312. The van der Waals surface area contributed by atoms with Crippen LogP contribution in [-0.4, -0.2) is 20.2 Å². The van der Waals surface area contributed by atoms with E-state index in [1.165, 1.54) is 5.56 Å². The molecule has 0 fully saturated rings. The summed E-state index contributed by atoms with van der Waals surface area (Å²) in [5.41, 5.74) is 18.7. The zero-order chi connectivity index (χ0) is 18.4. The minimum atomic E-state index is 0.630. The van der Waals surface area contributed by atoms with Gasteiger partial charge in [-0.1, -0.05) is 25.5 Å². The van der Waals surface area contributed by atoms with Crippen LogP contribution in [-0.2, 0) is 6.42 Å². The van der Waals surface area contributed by atoms with Crippen molar-refractivity contribution in [3.63, 3.8) is 0 Å². The van der Waals surface area contributed by atoms with Crippen LogP contribution in [0.4, 0.5) is 22.7 Å². The topological polar surface area (TPSA) is 76.7 Å². The fourth-order valence-electron chi connectivity index (χ4n) is 2.93. The first-order chi connectivity index (χ1) is 12.7. The van der Waals surface area contributed by atoms with Crippen LogP contribution < -0.4 is 31.8 Å². The first-order valence-electron chi connectivity index (χ1n) is 9.30. The van der Waals surface area contributed by atoms with Crippen molar-refractivity contribution in [2.45, 2.75) is 32.6 Å². The monoisotopic (exact) mass is 354 g/mol. The van der Waals surface area contributed by atoms with E-state index < -0.39 is 0 Å². The minimum Gasteiger partial charge on any atom is -0.489 e. The largest absolute Gasteiger partial charge is 0.489 e. The second-order valence-corrected chi connectivity index (χ2v) is 6.48. The Morgan fingerprint density at radius 3 is 2.92 bits per heavy atom. The first kappa shape index (κ1) is 18.2. The Kier molecular flexibility index (Phi) is 6.07. The number of unbranched alkanes of at least 4 members (excludes halogenated alkanes) is 1. The van der Waals surface area contributed by atoms with Gasteiger partial charge in [0.15, 0.2) is 5.75 Å². The molecule has 139 valence electrons. The molecule has 3 rings (SSSR count). The first-order valence-corrected chi connectivity index (χ1v) is 9.30. The maximum Gasteiger partial charge on any atom is 0.169 e. The Hall–Kier alpha value is -2.60. The van der Waals surface area contributed by atoms with Gasteiger partial charge in [-0.25, -0.2) is 0 Å². The summed E-state index contributed by atoms with van der Waals surface area (Å²) in [6, 6.07) is 12.2. The Morgan fingerprint density at radius 2 is 2.12 bits per heavy atom. The quantitative estimate of drug-likeness (QED) is 0.474. The number of hydrogen-bond donors (Lipinski definition) is 3. The molecule has 1 radical (unpaired) electrons. The van der Waals surface area contributed by atoms with Crippen molar-refractivity contribution in [1.82, 2.24) is 10.7 Å². The number of aryl methyl sites for hydroxylation is 1. The second kappa shape index (κ2) is 8.67. The van der Waals surface area contributed by atoms with Crippen LogP contribution in [0.1, 0.15) is 31.7 Å². The molecule has 0 spiro atoms. The van der Waals surface area contributed by atoms with Gasteiger partial charge in [0.25, 0.3) is 0 Å². The summed E-state index contributed by atoms with van der Waals surface area (Å²) in [6.45, 7) is 3.81. The summed E-state index contributed by atoms with van der Waals surface area (Å²) < 4.78 is 5.91. The Balaban J connectivity index is 1.74. The Bertz CT molecular complexity index is 734. The van der Waals surface area contributed by atoms with Crippen molar-refractivity contribution in [2.24, 2.45) is 0 Å². The van der Waals surface area contributed by atoms with Gasteiger partial charge in [-0.2, -0.15) is 10.5 Å². The molecule has 26 heavy (non-hydrogen) atoms. The number of rotatable bonds is 9. The molecule has 0 aromatic heterocycles. The summed E-state index contributed by atoms with van der Waals surface area (Å²) in [4.78, 5) is 0. The summed E-state index contributed by atoms with van der Waals surface area (Å²) in [5, 5.41) is 4.97. The van der Waals surface area contributed by atoms with E-state index in [2.05, 4.69) is 41.3 Å². The molecule has 2 aromatic rings. The van der Waals surface area contributed by atoms with Crippen molar-refractivity contribution in [3.8, 4) is 5.75 Å². The average molecular weight is 354 g/mol. The van der Waals surface area contributed by atoms with Gasteiger partial charge >= 0.3 is 0 Å². The van der Waals surface area contributed by atoms with Crippen LogP contribution in [0.3, 0.4) is 0 Å². The number of benzene rings is 2. The Morgan fingerprint density at radius 1 is 1.23 bits per heavy atom. The van der Waals surface area contributed by atoms with Crippen LogP contribution in [0.2, 0.25) is 0 Å². The average Bonchev–Trinajstić information content (AvgIpc) is 3.09. The smallest absolute Gasteiger partial charge is 0.169 e. The molecule has 0 amide bonds. The standard InChI is InChI=1S/C20H28N5O/c1-3-4-13-26-20-17(21)10-11-18-19(20)24-25(23-18)16-9-5-7-15(14-16)8-6-12-22-2/h5,7,9-11,14,22,24H,3-4,6,8,12-13,21H2,1-2H3. The van der Waals surface area contributed by atoms with E-state index in [0.29, 0.717) is 18.0 Å². The summed E-state index contributed by atoms with van der Waals surface area (Å²) in [5.74, 6) is 0.687. The van der Waals surface area contributed by atoms with Crippen LogP contribution in [0, 0.1) is 0 Å². The zero-order valence-electron chi connectivity index (χ0n) is 15.6. The number of nitrogens with one attached hydrogen (secondary N) is 2. The summed E-state index contributed by atoms with van der Waals surface area (Å²) in [6.07, 6.45) is 4.22. The highest BCUT2D eigenvalue weighted by Crippen LogP contribution is 2.42. The van der Waals surface area contributed by atoms with Gasteiger partial charge in [0.2, 0.25) is 0 Å². The summed E-state index contributed by atoms with van der Waals surface area (Å²) in [7, 11) is 1.98. The van der Waals surface area contributed by atoms with E-state index >= 15 is 0 Å². The molecule has 0 atom stereocenters. The van der Waals surface area contributed by atoms with E-state index in [1.54, 1.807) is 5.12 Å². The van der Waals surface area contributed by atoms with Crippen LogP contribution in [0.5, 0.6) is 5.75 Å². The third-order valence-electron chi connectivity index (χ3n) is 4.38. The lowest BCUT2D eigenvalue weighted by Gasteiger charge is -2.18. The molecule has 1 aliphatic rings. The zero-order valence-corrected chi connectivity index (χ0v) is 15.6. The van der Waals surface area contributed by atoms with Crippen molar-refractivity contribution < 1.29 is 4.74 Å². The highest BCUT2D eigenvalue weighted by Gasteiger charge is 2.25. The number of nitrogens with two attached hydrogens (primary N) is 1. The molecule has 0 bridgehead atoms. The molecule has 0 saturated carbocycles. The second-order valence-electron chi connectivity index (χ2n) is 6.48. The lowest BCUT2D eigenvalue weighted by Crippen LogP contribution is -2.28. The predicted octanol–water partition coefficient (Wildman–Crippen LogP) is 3.60. The number of ether oxygens (including phenoxy) is 1. The van der Waals surface area contributed by atoms with Gasteiger partial charge in [-0.15, -0.1) is 0 Å². The fraction of sp³-hybridized carbons (Fsp3) is 0.400. The Labute approximate surface area is 155 Å². The van der Waals surface area contributed by atoms with Crippen LogP contribution >= 0.6 is 0 Å². The van der Waals surface area contributed by atoms with Gasteiger partial charge < -0.3 is 15.8 Å². The number of nitrogens with zero attached hydrogens (tertiary/aromatic N) is 2. The third-order valence-corrected chi connectivity index (χ3v) is 4.38. The minimum absolute atomic E-state index is 0.630. The molecular weight excluding hydrogens is 326 g/mol. The molecule has 4 N–H and O–H groups in total. The molecule has 6 heteroatoms. The normalized spacial score (nSPS) is 12.5. The van der Waals surface area contributed by atoms with Gasteiger partial charge in [0, 0.05) is 0 Å². The molecule has 0 unspecified atom stereocenters. The predicted molar refractivity (Wildman–Crippen MR) is 108 cm³/mol. The number of fused-ring (bicyclic) bond motifs is 1. The SMILES string of the molecule is CCCCOc1c(N)ccc2c1NN(c1cccc(CCCNC)c1)[N]2. The number of hydrazine groups is 1. The molecule has 0 aliphatic carbocycles. The van der Waals surface area contributed by atoms with Crippen LogP contribution in [0.25, 0.3) is 0 Å². The maximum absolute atomic E-state index is 6.12. The van der Waals surface area contributed by atoms with E-state index in [0.717, 1.165) is 49.3 Å². The molecule has 1 heterocycles. The van der Waals surface area contributed by atoms with Crippen molar-refractivity contribution in [3.05, 3.63) is 42.0 Å². The van der Waals surface area contributed by atoms with Gasteiger partial charge in [0.1, 0.15) is 11.4 Å². The van der Waals surface area contributed by atoms with E-state index in [1.807, 2.05) is 25.2 Å². The number of nitrogen functional groups attached to an aromatic ring is 1. The third kappa shape index (κ3) is 4.14. The van der Waals surface area contributed by atoms with Crippen molar-refractivity contribution in [2.75, 3.05) is 36.5 Å². The molecular formula is C20H28N5O. The van der Waals surface area contributed by atoms with Gasteiger partial charge in [0.05, 0.1) is 18.0 Å². The number of anilines is 3. The van der Waals surface area contributed by atoms with Gasteiger partial charge in [-0.3, -0.25) is 5.43 Å². The molecule has 6 nitrogen and oxygen atoms in total. The van der Waals surface area contributed by atoms with Crippen molar-refractivity contribution >= 4 is 22.7 Å². The van der Waals surface area contributed by atoms with Gasteiger partial charge in [-0.05, 0) is 62.7 Å². The highest BCUT2D eigenvalue weighted by atomic mass is 16.5. The lowest BCUT2D eigenvalue weighted by atomic mass is 10.1. The maximum atomic E-state index is 6.12. The van der Waals surface area contributed by atoms with E-state index in [-0.39, 0.29) is 0 Å². The van der Waals surface area contributed by atoms with E-state index in [4.69, 9.17) is 10.5 Å². The summed E-state index contributed by atoms with van der Waals surface area (Å²) >= 11 is 0. The van der Waals surface area contributed by atoms with Crippen molar-refractivity contribution in [1.29, 1.82) is 0 Å². The number of hydrogen-bond acceptors (Lipinski definition) is 5. The van der Waals surface area contributed by atoms with Crippen LogP contribution in [0.15, 0.2) is 36.4 Å². The molecule has 1 aliphatic heterocycles. The fourth-order valence-corrected chi connectivity index (χ4v) is 2.93.